The number of thiophene rings is 1. The van der Waals surface area contributed by atoms with Crippen LogP contribution in [0.25, 0.3) is 0 Å². The summed E-state index contributed by atoms with van der Waals surface area (Å²) in [7, 11) is 0. The summed E-state index contributed by atoms with van der Waals surface area (Å²) in [5, 5.41) is 2.96. The lowest BCUT2D eigenvalue weighted by Gasteiger charge is -2.37. The maximum atomic E-state index is 12.6. The number of hydrogen-bond donors (Lipinski definition) is 1. The van der Waals surface area contributed by atoms with E-state index in [1.165, 1.54) is 11.3 Å². The lowest BCUT2D eigenvalue weighted by Crippen LogP contribution is -2.38. The Labute approximate surface area is 156 Å². The van der Waals surface area contributed by atoms with Crippen LogP contribution in [0.4, 0.5) is 5.00 Å². The number of carbonyl (C=O) groups is 3. The summed E-state index contributed by atoms with van der Waals surface area (Å²) in [4.78, 5) is 40.0. The van der Waals surface area contributed by atoms with E-state index in [9.17, 15) is 14.4 Å². The smallest absolute Gasteiger partial charge is 0.397 e. The summed E-state index contributed by atoms with van der Waals surface area (Å²) >= 11 is 1.36. The van der Waals surface area contributed by atoms with Crippen LogP contribution in [-0.2, 0) is 25.6 Å². The molecule has 1 aromatic rings. The van der Waals surface area contributed by atoms with Gasteiger partial charge in [0, 0.05) is 18.0 Å². The van der Waals surface area contributed by atoms with E-state index < -0.39 is 17.8 Å². The molecular formula is C18H24N2O5S. The van der Waals surface area contributed by atoms with Gasteiger partial charge in [-0.15, -0.1) is 11.3 Å². The Morgan fingerprint density at radius 2 is 2.12 bits per heavy atom. The van der Waals surface area contributed by atoms with Gasteiger partial charge in [0.15, 0.2) is 0 Å². The Morgan fingerprint density at radius 1 is 1.35 bits per heavy atom. The van der Waals surface area contributed by atoms with Gasteiger partial charge in [-0.3, -0.25) is 9.69 Å². The first-order chi connectivity index (χ1) is 12.4. The van der Waals surface area contributed by atoms with Crippen LogP contribution in [0.15, 0.2) is 0 Å². The fourth-order valence-electron chi connectivity index (χ4n) is 3.59. The molecule has 3 heterocycles. The first-order valence-electron chi connectivity index (χ1n) is 8.97. The SMILES string of the molecule is CCOC(=O)c1c(NC(=O)C(=O)OC(C)C)sc2c1C1CCCN(C2)C1. The van der Waals surface area contributed by atoms with E-state index in [1.54, 1.807) is 20.8 Å². The number of carbonyl (C=O) groups excluding carboxylic acids is 3. The third-order valence-electron chi connectivity index (χ3n) is 4.54. The molecule has 0 aromatic carbocycles. The van der Waals surface area contributed by atoms with Crippen molar-refractivity contribution in [2.45, 2.75) is 52.2 Å². The molecule has 0 aliphatic carbocycles. The zero-order chi connectivity index (χ0) is 18.8. The van der Waals surface area contributed by atoms with Gasteiger partial charge in [-0.25, -0.2) is 9.59 Å². The molecule has 0 saturated carbocycles. The molecule has 2 aliphatic rings. The number of nitrogens with zero attached hydrogens (tertiary/aromatic N) is 1. The molecule has 1 N–H and O–H groups in total. The fraction of sp³-hybridized carbons (Fsp3) is 0.611. The van der Waals surface area contributed by atoms with Crippen LogP contribution in [-0.4, -0.2) is 48.5 Å². The van der Waals surface area contributed by atoms with E-state index in [0.717, 1.165) is 42.9 Å². The number of piperidine rings is 1. The first kappa shape index (κ1) is 18.8. The number of ether oxygens (including phenoxy) is 2. The third-order valence-corrected chi connectivity index (χ3v) is 5.64. The lowest BCUT2D eigenvalue weighted by atomic mass is 9.85. The zero-order valence-corrected chi connectivity index (χ0v) is 16.1. The van der Waals surface area contributed by atoms with Gasteiger partial charge in [0.25, 0.3) is 0 Å². The highest BCUT2D eigenvalue weighted by molar-refractivity contribution is 7.17. The topological polar surface area (TPSA) is 84.9 Å². The normalized spacial score (nSPS) is 21.1. The van der Waals surface area contributed by atoms with Crippen molar-refractivity contribution in [3.63, 3.8) is 0 Å². The maximum Gasteiger partial charge on any atom is 0.397 e. The Bertz CT molecular complexity index is 727. The summed E-state index contributed by atoms with van der Waals surface area (Å²) in [5.41, 5.74) is 1.39. The quantitative estimate of drug-likeness (QED) is 0.638. The Hall–Kier alpha value is -1.93. The van der Waals surface area contributed by atoms with Crippen molar-refractivity contribution < 1.29 is 23.9 Å². The minimum absolute atomic E-state index is 0.253. The average Bonchev–Trinajstić information content (AvgIpc) is 2.92. The molecule has 1 fully saturated rings. The van der Waals surface area contributed by atoms with E-state index in [-0.39, 0.29) is 18.6 Å². The van der Waals surface area contributed by atoms with E-state index in [4.69, 9.17) is 9.47 Å². The average molecular weight is 380 g/mol. The van der Waals surface area contributed by atoms with E-state index in [2.05, 4.69) is 10.2 Å². The van der Waals surface area contributed by atoms with Crippen LogP contribution < -0.4 is 5.32 Å². The molecule has 3 rings (SSSR count). The summed E-state index contributed by atoms with van der Waals surface area (Å²) in [6.07, 6.45) is 1.71. The molecule has 7 nitrogen and oxygen atoms in total. The highest BCUT2D eigenvalue weighted by Crippen LogP contribution is 2.45. The number of amides is 1. The highest BCUT2D eigenvalue weighted by atomic mass is 32.1. The highest BCUT2D eigenvalue weighted by Gasteiger charge is 2.37. The molecule has 0 spiro atoms. The van der Waals surface area contributed by atoms with Gasteiger partial charge >= 0.3 is 17.8 Å². The van der Waals surface area contributed by atoms with Crippen molar-refractivity contribution in [1.29, 1.82) is 0 Å². The number of fused-ring (bicyclic) bond motifs is 4. The molecular weight excluding hydrogens is 356 g/mol. The molecule has 1 amide bonds. The van der Waals surface area contributed by atoms with Gasteiger partial charge in [-0.2, -0.15) is 0 Å². The molecule has 2 bridgehead atoms. The van der Waals surface area contributed by atoms with Crippen molar-refractivity contribution in [2.75, 3.05) is 25.0 Å². The molecule has 1 aromatic heterocycles. The molecule has 8 heteroatoms. The molecule has 142 valence electrons. The molecule has 1 saturated heterocycles. The first-order valence-corrected chi connectivity index (χ1v) is 9.79. The largest absolute Gasteiger partial charge is 0.462 e. The monoisotopic (exact) mass is 380 g/mol. The summed E-state index contributed by atoms with van der Waals surface area (Å²) in [5.74, 6) is -2.01. The van der Waals surface area contributed by atoms with Crippen LogP contribution in [0.1, 0.15) is 60.3 Å². The summed E-state index contributed by atoms with van der Waals surface area (Å²) < 4.78 is 10.2. The van der Waals surface area contributed by atoms with Crippen molar-refractivity contribution in [2.24, 2.45) is 0 Å². The number of rotatable bonds is 4. The van der Waals surface area contributed by atoms with E-state index in [0.29, 0.717) is 10.6 Å². The summed E-state index contributed by atoms with van der Waals surface area (Å²) in [6, 6.07) is 0. The van der Waals surface area contributed by atoms with Crippen LogP contribution in [0.2, 0.25) is 0 Å². The van der Waals surface area contributed by atoms with Gasteiger partial charge in [0.2, 0.25) is 0 Å². The predicted octanol–water partition coefficient (Wildman–Crippen LogP) is 2.51. The third kappa shape index (κ3) is 3.76. The number of esters is 2. The van der Waals surface area contributed by atoms with Gasteiger partial charge in [0.05, 0.1) is 18.3 Å². The summed E-state index contributed by atoms with van der Waals surface area (Å²) in [6.45, 7) is 8.07. The van der Waals surface area contributed by atoms with Gasteiger partial charge in [-0.05, 0) is 51.6 Å². The predicted molar refractivity (Wildman–Crippen MR) is 97.4 cm³/mol. The van der Waals surface area contributed by atoms with Crippen LogP contribution >= 0.6 is 11.3 Å². The lowest BCUT2D eigenvalue weighted by molar-refractivity contribution is -0.155. The Morgan fingerprint density at radius 3 is 2.81 bits per heavy atom. The van der Waals surface area contributed by atoms with Crippen LogP contribution in [0.5, 0.6) is 0 Å². The van der Waals surface area contributed by atoms with E-state index >= 15 is 0 Å². The second-order valence-corrected chi connectivity index (χ2v) is 7.95. The van der Waals surface area contributed by atoms with Crippen LogP contribution in [0.3, 0.4) is 0 Å². The number of anilines is 1. The van der Waals surface area contributed by atoms with Crippen LogP contribution in [0, 0.1) is 0 Å². The van der Waals surface area contributed by atoms with Crippen molar-refractivity contribution in [3.8, 4) is 0 Å². The van der Waals surface area contributed by atoms with Crippen molar-refractivity contribution >= 4 is 34.2 Å². The van der Waals surface area contributed by atoms with Gasteiger partial charge < -0.3 is 14.8 Å². The fourth-order valence-corrected chi connectivity index (χ4v) is 4.91. The standard InChI is InChI=1S/C18H24N2O5S/c1-4-24-17(22)14-13-11-6-5-7-20(8-11)9-12(13)26-16(14)19-15(21)18(23)25-10(2)3/h10-11H,4-9H2,1-3H3,(H,19,21). The number of hydrogen-bond acceptors (Lipinski definition) is 7. The van der Waals surface area contributed by atoms with Gasteiger partial charge in [0.1, 0.15) is 5.00 Å². The van der Waals surface area contributed by atoms with E-state index in [1.807, 2.05) is 0 Å². The molecule has 26 heavy (non-hydrogen) atoms. The minimum atomic E-state index is -0.955. The zero-order valence-electron chi connectivity index (χ0n) is 15.3. The Balaban J connectivity index is 1.93. The second kappa shape index (κ2) is 7.75. The minimum Gasteiger partial charge on any atom is -0.462 e. The van der Waals surface area contributed by atoms with Gasteiger partial charge in [-0.1, -0.05) is 0 Å². The number of nitrogens with one attached hydrogen (secondary N) is 1. The Kier molecular flexibility index (Phi) is 5.62. The van der Waals surface area contributed by atoms with Crippen molar-refractivity contribution in [1.82, 2.24) is 4.90 Å². The molecule has 2 unspecified atom stereocenters. The maximum absolute atomic E-state index is 12.6. The molecule has 0 radical (unpaired) electrons. The second-order valence-electron chi connectivity index (χ2n) is 6.85. The van der Waals surface area contributed by atoms with Crippen molar-refractivity contribution in [3.05, 3.63) is 16.0 Å². The molecule has 2 atom stereocenters. The molecule has 2 aliphatic heterocycles.